The number of aromatic amines is 1. The number of ether oxygens (including phenoxy) is 2. The van der Waals surface area contributed by atoms with E-state index in [2.05, 4.69) is 4.98 Å². The van der Waals surface area contributed by atoms with Gasteiger partial charge in [0.05, 0.1) is 5.56 Å². The molecule has 112 valence electrons. The third-order valence-electron chi connectivity index (χ3n) is 3.48. The lowest BCUT2D eigenvalue weighted by molar-refractivity contribution is 0.0452. The number of carbonyl (C=O) groups is 1. The van der Waals surface area contributed by atoms with Gasteiger partial charge in [0.2, 0.25) is 0 Å². The Morgan fingerprint density at radius 1 is 1.05 bits per heavy atom. The number of hydrogen-bond acceptors (Lipinski definition) is 3. The lowest BCUT2D eigenvalue weighted by Crippen LogP contribution is -2.12. The molecule has 0 spiro atoms. The number of nitrogens with one attached hydrogen (secondary N) is 1. The van der Waals surface area contributed by atoms with E-state index < -0.39 is 0 Å². The zero-order chi connectivity index (χ0) is 15.4. The summed E-state index contributed by atoms with van der Waals surface area (Å²) in [5, 5.41) is 0.868. The number of aryl methyl sites for hydroxylation is 1. The standard InChI is InChI=1S/C18H17NO3/c1-13-6-2-5-9-17(13)21-10-11-22-18(20)15-12-19-16-8-4-3-7-14(15)16/h2-9,12,19H,10-11H2,1H3. The van der Waals surface area contributed by atoms with Crippen LogP contribution in [0.15, 0.2) is 54.7 Å². The first-order valence-electron chi connectivity index (χ1n) is 7.17. The highest BCUT2D eigenvalue weighted by atomic mass is 16.6. The van der Waals surface area contributed by atoms with Gasteiger partial charge in [-0.15, -0.1) is 0 Å². The van der Waals surface area contributed by atoms with E-state index in [0.717, 1.165) is 22.2 Å². The highest BCUT2D eigenvalue weighted by Crippen LogP contribution is 2.19. The van der Waals surface area contributed by atoms with Crippen LogP contribution in [0.4, 0.5) is 0 Å². The van der Waals surface area contributed by atoms with Gasteiger partial charge in [0.1, 0.15) is 19.0 Å². The van der Waals surface area contributed by atoms with Gasteiger partial charge >= 0.3 is 5.97 Å². The average Bonchev–Trinajstić information content (AvgIpc) is 2.97. The second-order valence-corrected chi connectivity index (χ2v) is 5.00. The Morgan fingerprint density at radius 3 is 2.68 bits per heavy atom. The lowest BCUT2D eigenvalue weighted by Gasteiger charge is -2.09. The minimum absolute atomic E-state index is 0.215. The van der Waals surface area contributed by atoms with Crippen LogP contribution >= 0.6 is 0 Å². The zero-order valence-electron chi connectivity index (χ0n) is 12.3. The van der Waals surface area contributed by atoms with E-state index in [0.29, 0.717) is 12.2 Å². The van der Waals surface area contributed by atoms with Gasteiger partial charge in [-0.05, 0) is 24.6 Å². The summed E-state index contributed by atoms with van der Waals surface area (Å²) in [6.45, 7) is 2.53. The number of esters is 1. The number of benzene rings is 2. The predicted octanol–water partition coefficient (Wildman–Crippen LogP) is 3.71. The number of carbonyl (C=O) groups excluding carboxylic acids is 1. The largest absolute Gasteiger partial charge is 0.490 e. The molecule has 4 heteroatoms. The number of H-pyrrole nitrogens is 1. The molecule has 0 aliphatic carbocycles. The molecular formula is C18H17NO3. The Bertz CT molecular complexity index is 792. The van der Waals surface area contributed by atoms with E-state index in [9.17, 15) is 4.79 Å². The van der Waals surface area contributed by atoms with Gasteiger partial charge < -0.3 is 14.5 Å². The molecule has 4 nitrogen and oxygen atoms in total. The smallest absolute Gasteiger partial charge is 0.340 e. The van der Waals surface area contributed by atoms with Crippen molar-refractivity contribution in [2.45, 2.75) is 6.92 Å². The van der Waals surface area contributed by atoms with Crippen molar-refractivity contribution >= 4 is 16.9 Å². The van der Waals surface area contributed by atoms with Crippen molar-refractivity contribution in [3.8, 4) is 5.75 Å². The number of hydrogen-bond donors (Lipinski definition) is 1. The monoisotopic (exact) mass is 295 g/mol. The van der Waals surface area contributed by atoms with E-state index in [1.807, 2.05) is 55.5 Å². The molecule has 3 aromatic rings. The fourth-order valence-corrected chi connectivity index (χ4v) is 2.32. The maximum atomic E-state index is 12.1. The molecule has 0 atom stereocenters. The molecule has 3 rings (SSSR count). The van der Waals surface area contributed by atoms with Crippen LogP contribution in [0, 0.1) is 6.92 Å². The average molecular weight is 295 g/mol. The first-order chi connectivity index (χ1) is 10.8. The van der Waals surface area contributed by atoms with Crippen LogP contribution in [0.2, 0.25) is 0 Å². The molecule has 1 aromatic heterocycles. The highest BCUT2D eigenvalue weighted by molar-refractivity contribution is 6.03. The maximum absolute atomic E-state index is 12.1. The van der Waals surface area contributed by atoms with Gasteiger partial charge in [-0.2, -0.15) is 0 Å². The number of para-hydroxylation sites is 2. The zero-order valence-corrected chi connectivity index (χ0v) is 12.3. The van der Waals surface area contributed by atoms with E-state index in [1.54, 1.807) is 6.20 Å². The Kier molecular flexibility index (Phi) is 4.10. The molecule has 1 N–H and O–H groups in total. The van der Waals surface area contributed by atoms with Crippen LogP contribution < -0.4 is 4.74 Å². The molecule has 2 aromatic carbocycles. The van der Waals surface area contributed by atoms with Crippen molar-refractivity contribution in [3.05, 3.63) is 65.9 Å². The van der Waals surface area contributed by atoms with Crippen LogP contribution in [-0.2, 0) is 4.74 Å². The summed E-state index contributed by atoms with van der Waals surface area (Å²) in [4.78, 5) is 15.2. The second kappa shape index (κ2) is 6.35. The molecule has 0 amide bonds. The SMILES string of the molecule is Cc1ccccc1OCCOC(=O)c1c[nH]c2ccccc12. The minimum Gasteiger partial charge on any atom is -0.490 e. The molecule has 1 heterocycles. The molecule has 0 radical (unpaired) electrons. The lowest BCUT2D eigenvalue weighted by atomic mass is 10.2. The fourth-order valence-electron chi connectivity index (χ4n) is 2.32. The number of fused-ring (bicyclic) bond motifs is 1. The number of rotatable bonds is 5. The molecule has 0 aliphatic heterocycles. The van der Waals surface area contributed by atoms with Gasteiger partial charge in [-0.1, -0.05) is 36.4 Å². The summed E-state index contributed by atoms with van der Waals surface area (Å²) < 4.78 is 10.9. The van der Waals surface area contributed by atoms with Gasteiger partial charge in [0.15, 0.2) is 0 Å². The van der Waals surface area contributed by atoms with E-state index in [4.69, 9.17) is 9.47 Å². The summed E-state index contributed by atoms with van der Waals surface area (Å²) in [6.07, 6.45) is 1.68. The summed E-state index contributed by atoms with van der Waals surface area (Å²) in [7, 11) is 0. The Morgan fingerprint density at radius 2 is 1.82 bits per heavy atom. The van der Waals surface area contributed by atoms with Crippen molar-refractivity contribution in [1.82, 2.24) is 4.98 Å². The molecular weight excluding hydrogens is 278 g/mol. The molecule has 0 aliphatic rings. The first-order valence-corrected chi connectivity index (χ1v) is 7.17. The normalized spacial score (nSPS) is 10.6. The van der Waals surface area contributed by atoms with E-state index in [1.165, 1.54) is 0 Å². The van der Waals surface area contributed by atoms with E-state index >= 15 is 0 Å². The molecule has 0 saturated heterocycles. The van der Waals surface area contributed by atoms with Crippen LogP contribution in [0.1, 0.15) is 15.9 Å². The van der Waals surface area contributed by atoms with Crippen molar-refractivity contribution in [1.29, 1.82) is 0 Å². The molecule has 22 heavy (non-hydrogen) atoms. The highest BCUT2D eigenvalue weighted by Gasteiger charge is 2.12. The molecule has 0 bridgehead atoms. The number of aromatic nitrogens is 1. The third kappa shape index (κ3) is 2.96. The summed E-state index contributed by atoms with van der Waals surface area (Å²) in [6, 6.07) is 15.4. The summed E-state index contributed by atoms with van der Waals surface area (Å²) in [5.74, 6) is 0.469. The molecule has 0 unspecified atom stereocenters. The van der Waals surface area contributed by atoms with Crippen molar-refractivity contribution in [2.75, 3.05) is 13.2 Å². The summed E-state index contributed by atoms with van der Waals surface area (Å²) >= 11 is 0. The van der Waals surface area contributed by atoms with Crippen LogP contribution in [-0.4, -0.2) is 24.2 Å². The molecule has 0 fully saturated rings. The minimum atomic E-state index is -0.342. The van der Waals surface area contributed by atoms with Crippen molar-refractivity contribution in [3.63, 3.8) is 0 Å². The third-order valence-corrected chi connectivity index (χ3v) is 3.48. The Hall–Kier alpha value is -2.75. The predicted molar refractivity (Wildman–Crippen MR) is 85.3 cm³/mol. The van der Waals surface area contributed by atoms with Crippen LogP contribution in [0.25, 0.3) is 10.9 Å². The fraction of sp³-hybridized carbons (Fsp3) is 0.167. The quantitative estimate of drug-likeness (QED) is 0.576. The Labute approximate surface area is 128 Å². The van der Waals surface area contributed by atoms with Gasteiger partial charge in [-0.3, -0.25) is 0 Å². The Balaban J connectivity index is 1.56. The molecule has 0 saturated carbocycles. The first kappa shape index (κ1) is 14.2. The van der Waals surface area contributed by atoms with Gasteiger partial charge in [0, 0.05) is 17.1 Å². The summed E-state index contributed by atoms with van der Waals surface area (Å²) in [5.41, 5.74) is 2.53. The van der Waals surface area contributed by atoms with Crippen molar-refractivity contribution in [2.24, 2.45) is 0 Å². The van der Waals surface area contributed by atoms with Crippen LogP contribution in [0.3, 0.4) is 0 Å². The van der Waals surface area contributed by atoms with Crippen molar-refractivity contribution < 1.29 is 14.3 Å². The van der Waals surface area contributed by atoms with Crippen LogP contribution in [0.5, 0.6) is 5.75 Å². The second-order valence-electron chi connectivity index (χ2n) is 5.00. The van der Waals surface area contributed by atoms with Gasteiger partial charge in [-0.25, -0.2) is 4.79 Å². The van der Waals surface area contributed by atoms with E-state index in [-0.39, 0.29) is 12.6 Å². The van der Waals surface area contributed by atoms with Gasteiger partial charge in [0.25, 0.3) is 0 Å². The topological polar surface area (TPSA) is 51.3 Å². The maximum Gasteiger partial charge on any atom is 0.340 e.